The summed E-state index contributed by atoms with van der Waals surface area (Å²) in [5, 5.41) is 0.664. The van der Waals surface area contributed by atoms with E-state index in [0.717, 1.165) is 0 Å². The van der Waals surface area contributed by atoms with E-state index < -0.39 is 0 Å². The zero-order valence-electron chi connectivity index (χ0n) is 6.25. The van der Waals surface area contributed by atoms with E-state index in [1.165, 1.54) is 0 Å². The second kappa shape index (κ2) is 4.96. The van der Waals surface area contributed by atoms with Crippen LogP contribution < -0.4 is 0 Å². The second-order valence-corrected chi connectivity index (χ2v) is 5.30. The highest BCUT2D eigenvalue weighted by atomic mass is 35.5. The molecule has 7 heteroatoms. The number of thiol groups is 1. The van der Waals surface area contributed by atoms with E-state index in [1.54, 1.807) is 0 Å². The van der Waals surface area contributed by atoms with E-state index in [4.69, 9.17) is 70.2 Å². The molecular weight excluding hydrogens is 325 g/mol. The van der Waals surface area contributed by atoms with Gasteiger partial charge in [-0.2, -0.15) is 0 Å². The van der Waals surface area contributed by atoms with Gasteiger partial charge in [0.25, 0.3) is 0 Å². The number of thiocarbonyl (C=S) groups is 1. The summed E-state index contributed by atoms with van der Waals surface area (Å²) in [6.45, 7) is 0. The minimum absolute atomic E-state index is 0.108. The molecule has 76 valence electrons. The zero-order chi connectivity index (χ0) is 11.0. The van der Waals surface area contributed by atoms with Gasteiger partial charge in [-0.05, 0) is 0 Å². The summed E-state index contributed by atoms with van der Waals surface area (Å²) in [5.74, 6) is 0. The molecule has 0 amide bonds. The fourth-order valence-corrected chi connectivity index (χ4v) is 2.79. The van der Waals surface area contributed by atoms with Crippen LogP contribution in [0.2, 0.25) is 25.1 Å². The van der Waals surface area contributed by atoms with Crippen molar-refractivity contribution in [2.45, 2.75) is 0 Å². The highest BCUT2D eigenvalue weighted by Crippen LogP contribution is 2.44. The fraction of sp³-hybridized carbons (Fsp3) is 0. The average molecular weight is 326 g/mol. The number of hydrogen-bond donors (Lipinski definition) is 1. The Bertz CT molecular complexity index is 386. The van der Waals surface area contributed by atoms with Crippen LogP contribution in [-0.2, 0) is 0 Å². The summed E-state index contributed by atoms with van der Waals surface area (Å²) in [7, 11) is 0. The van der Waals surface area contributed by atoms with E-state index in [0.29, 0.717) is 5.56 Å². The van der Waals surface area contributed by atoms with Gasteiger partial charge in [0.15, 0.2) is 0 Å². The van der Waals surface area contributed by atoms with Crippen LogP contribution in [0, 0.1) is 0 Å². The number of rotatable bonds is 1. The standard InChI is InChI=1S/C7HCl5S2/c8-2-1(7(13)14)3(9)5(11)6(12)4(2)10/h(H,13,14). The lowest BCUT2D eigenvalue weighted by molar-refractivity contribution is 1.67. The van der Waals surface area contributed by atoms with Crippen LogP contribution in [0.1, 0.15) is 5.56 Å². The van der Waals surface area contributed by atoms with Gasteiger partial charge in [-0.3, -0.25) is 0 Å². The van der Waals surface area contributed by atoms with Gasteiger partial charge < -0.3 is 0 Å². The highest BCUT2D eigenvalue weighted by Gasteiger charge is 2.20. The Hall–Kier alpha value is 1.11. The summed E-state index contributed by atoms with van der Waals surface area (Å²) < 4.78 is 0.209. The third-order valence-electron chi connectivity index (χ3n) is 1.42. The fourth-order valence-electron chi connectivity index (χ4n) is 0.793. The normalized spacial score (nSPS) is 10.4. The Balaban J connectivity index is 3.68. The molecule has 0 heterocycles. The van der Waals surface area contributed by atoms with Crippen molar-refractivity contribution in [2.24, 2.45) is 0 Å². The molecule has 0 saturated heterocycles. The molecule has 1 rings (SSSR count). The van der Waals surface area contributed by atoms with Gasteiger partial charge in [0.2, 0.25) is 0 Å². The third kappa shape index (κ3) is 2.27. The first-order valence-electron chi connectivity index (χ1n) is 3.12. The lowest BCUT2D eigenvalue weighted by Gasteiger charge is -2.10. The smallest absolute Gasteiger partial charge is 0.0809 e. The second-order valence-electron chi connectivity index (χ2n) is 2.25. The molecular formula is C7HCl5S2. The molecule has 0 saturated carbocycles. The molecule has 1 aromatic rings. The van der Waals surface area contributed by atoms with Gasteiger partial charge in [-0.1, -0.05) is 70.2 Å². The Morgan fingerprint density at radius 3 is 1.36 bits per heavy atom. The van der Waals surface area contributed by atoms with Crippen molar-refractivity contribution in [1.82, 2.24) is 0 Å². The van der Waals surface area contributed by atoms with E-state index >= 15 is 0 Å². The van der Waals surface area contributed by atoms with Gasteiger partial charge in [0.1, 0.15) is 0 Å². The van der Waals surface area contributed by atoms with Crippen LogP contribution in [0.15, 0.2) is 0 Å². The number of benzene rings is 1. The number of hydrogen-bond acceptors (Lipinski definition) is 1. The largest absolute Gasteiger partial charge is 0.131 e. The van der Waals surface area contributed by atoms with Gasteiger partial charge in [-0.15, -0.1) is 12.6 Å². The maximum atomic E-state index is 5.87. The highest BCUT2D eigenvalue weighted by molar-refractivity contribution is 8.11. The molecule has 0 atom stereocenters. The molecule has 0 aliphatic carbocycles. The Kier molecular flexibility index (Phi) is 4.67. The summed E-state index contributed by atoms with van der Waals surface area (Å²) in [6, 6.07) is 0. The SMILES string of the molecule is S=C(S)c1c(Cl)c(Cl)c(Cl)c(Cl)c1Cl. The van der Waals surface area contributed by atoms with Crippen LogP contribution in [0.25, 0.3) is 0 Å². The van der Waals surface area contributed by atoms with Gasteiger partial charge in [0, 0.05) is 5.56 Å². The quantitative estimate of drug-likeness (QED) is 0.305. The predicted octanol–water partition coefficient (Wildman–Crippen LogP) is 5.56. The van der Waals surface area contributed by atoms with Crippen molar-refractivity contribution in [2.75, 3.05) is 0 Å². The molecule has 0 fully saturated rings. The Morgan fingerprint density at radius 2 is 1.07 bits per heavy atom. The van der Waals surface area contributed by atoms with Crippen molar-refractivity contribution >= 4 is 87.0 Å². The van der Waals surface area contributed by atoms with E-state index in [-0.39, 0.29) is 29.3 Å². The molecule has 0 spiro atoms. The molecule has 0 unspecified atom stereocenters. The first kappa shape index (κ1) is 13.2. The molecule has 0 aliphatic heterocycles. The molecule has 0 N–H and O–H groups in total. The molecule has 0 aromatic heterocycles. The maximum Gasteiger partial charge on any atom is 0.0809 e. The zero-order valence-corrected chi connectivity index (χ0v) is 11.7. The molecule has 0 nitrogen and oxygen atoms in total. The molecule has 0 radical (unpaired) electrons. The van der Waals surface area contributed by atoms with E-state index in [9.17, 15) is 0 Å². The van der Waals surface area contributed by atoms with Crippen LogP contribution in [0.5, 0.6) is 0 Å². The summed E-state index contributed by atoms with van der Waals surface area (Å²) in [5.41, 5.74) is 0.325. The Morgan fingerprint density at radius 1 is 0.786 bits per heavy atom. The van der Waals surface area contributed by atoms with Crippen molar-refractivity contribution in [3.8, 4) is 0 Å². The van der Waals surface area contributed by atoms with Gasteiger partial charge >= 0.3 is 0 Å². The lowest BCUT2D eigenvalue weighted by Crippen LogP contribution is -1.93. The van der Waals surface area contributed by atoms with Gasteiger partial charge in [0.05, 0.1) is 29.3 Å². The van der Waals surface area contributed by atoms with E-state index in [2.05, 4.69) is 12.6 Å². The summed E-state index contributed by atoms with van der Waals surface area (Å²) >= 11 is 37.9. The van der Waals surface area contributed by atoms with Crippen molar-refractivity contribution in [3.05, 3.63) is 30.7 Å². The molecule has 0 bridgehead atoms. The average Bonchev–Trinajstić information content (AvgIpc) is 2.11. The van der Waals surface area contributed by atoms with Crippen molar-refractivity contribution < 1.29 is 0 Å². The number of halogens is 5. The van der Waals surface area contributed by atoms with Crippen LogP contribution in [0.3, 0.4) is 0 Å². The third-order valence-corrected chi connectivity index (χ3v) is 4.13. The molecule has 0 aliphatic rings. The van der Waals surface area contributed by atoms with Crippen LogP contribution in [0.4, 0.5) is 0 Å². The molecule has 14 heavy (non-hydrogen) atoms. The monoisotopic (exact) mass is 324 g/mol. The minimum atomic E-state index is 0.108. The first-order chi connectivity index (χ1) is 6.37. The van der Waals surface area contributed by atoms with Crippen molar-refractivity contribution in [3.63, 3.8) is 0 Å². The molecule has 1 aromatic carbocycles. The topological polar surface area (TPSA) is 0 Å². The van der Waals surface area contributed by atoms with Crippen LogP contribution >= 0.6 is 82.9 Å². The van der Waals surface area contributed by atoms with Crippen LogP contribution in [-0.4, -0.2) is 4.20 Å². The first-order valence-corrected chi connectivity index (χ1v) is 5.87. The maximum absolute atomic E-state index is 5.87. The lowest BCUT2D eigenvalue weighted by atomic mass is 10.2. The van der Waals surface area contributed by atoms with Crippen molar-refractivity contribution in [1.29, 1.82) is 0 Å². The summed E-state index contributed by atoms with van der Waals surface area (Å²) in [4.78, 5) is 0. The minimum Gasteiger partial charge on any atom is -0.131 e. The van der Waals surface area contributed by atoms with Gasteiger partial charge in [-0.25, -0.2) is 0 Å². The van der Waals surface area contributed by atoms with E-state index in [1.807, 2.05) is 0 Å². The predicted molar refractivity (Wildman–Crippen MR) is 72.2 cm³/mol. The summed E-state index contributed by atoms with van der Waals surface area (Å²) in [6.07, 6.45) is 0. The Labute approximate surface area is 117 Å².